The normalized spacial score (nSPS) is 10.5. The fourth-order valence-corrected chi connectivity index (χ4v) is 1.64. The number of anilines is 1. The molecule has 5 nitrogen and oxygen atoms in total. The number of amides is 2. The van der Waals surface area contributed by atoms with Gasteiger partial charge in [-0.15, -0.1) is 12.4 Å². The zero-order valence-electron chi connectivity index (χ0n) is 12.7. The third-order valence-electron chi connectivity index (χ3n) is 2.51. The van der Waals surface area contributed by atoms with Crippen LogP contribution in [-0.2, 0) is 4.79 Å². The summed E-state index contributed by atoms with van der Waals surface area (Å²) in [6.07, 6.45) is 1.03. The second-order valence-electron chi connectivity index (χ2n) is 5.73. The number of benzene rings is 1. The average molecular weight is 314 g/mol. The Morgan fingerprint density at radius 3 is 2.48 bits per heavy atom. The molecule has 0 aliphatic rings. The first kappa shape index (κ1) is 19.4. The second kappa shape index (κ2) is 8.64. The van der Waals surface area contributed by atoms with Crippen molar-refractivity contribution in [3.63, 3.8) is 0 Å². The molecule has 0 radical (unpaired) electrons. The number of nitrogens with one attached hydrogen (secondary N) is 2. The van der Waals surface area contributed by atoms with E-state index < -0.39 is 0 Å². The van der Waals surface area contributed by atoms with Gasteiger partial charge in [-0.1, -0.05) is 6.07 Å². The molecule has 0 spiro atoms. The number of halogens is 1. The molecule has 4 N–H and O–H groups in total. The molecule has 0 aromatic heterocycles. The van der Waals surface area contributed by atoms with E-state index in [1.807, 2.05) is 20.8 Å². The van der Waals surface area contributed by atoms with E-state index in [1.165, 1.54) is 0 Å². The van der Waals surface area contributed by atoms with Crippen LogP contribution in [0, 0.1) is 0 Å². The van der Waals surface area contributed by atoms with Crippen molar-refractivity contribution < 1.29 is 9.59 Å². The first-order valence-electron chi connectivity index (χ1n) is 6.74. The summed E-state index contributed by atoms with van der Waals surface area (Å²) in [5.74, 6) is -0.251. The fourth-order valence-electron chi connectivity index (χ4n) is 1.64. The monoisotopic (exact) mass is 313 g/mol. The van der Waals surface area contributed by atoms with E-state index in [0.29, 0.717) is 30.6 Å². The van der Waals surface area contributed by atoms with Crippen molar-refractivity contribution in [1.82, 2.24) is 5.32 Å². The van der Waals surface area contributed by atoms with Crippen LogP contribution in [0.4, 0.5) is 5.69 Å². The first-order chi connectivity index (χ1) is 9.31. The van der Waals surface area contributed by atoms with E-state index in [-0.39, 0.29) is 29.8 Å². The molecule has 1 aromatic carbocycles. The molecule has 0 aliphatic carbocycles. The summed E-state index contributed by atoms with van der Waals surface area (Å²) < 4.78 is 0. The quantitative estimate of drug-likeness (QED) is 0.780. The minimum Gasteiger partial charge on any atom is -0.347 e. The maximum Gasteiger partial charge on any atom is 0.251 e. The smallest absolute Gasteiger partial charge is 0.251 e. The van der Waals surface area contributed by atoms with Crippen molar-refractivity contribution in [3.05, 3.63) is 29.8 Å². The van der Waals surface area contributed by atoms with Gasteiger partial charge in [0.2, 0.25) is 5.91 Å². The SMILES string of the molecule is CC(C)(C)NC(=O)c1cccc(NC(=O)CCCN)c1.Cl. The third kappa shape index (κ3) is 7.68. The Balaban J connectivity index is 0.00000400. The predicted molar refractivity (Wildman–Crippen MR) is 87.8 cm³/mol. The Labute approximate surface area is 132 Å². The van der Waals surface area contributed by atoms with Gasteiger partial charge in [-0.25, -0.2) is 0 Å². The zero-order valence-corrected chi connectivity index (χ0v) is 13.5. The maximum absolute atomic E-state index is 12.0. The van der Waals surface area contributed by atoms with E-state index in [0.717, 1.165) is 0 Å². The van der Waals surface area contributed by atoms with Crippen LogP contribution in [-0.4, -0.2) is 23.9 Å². The van der Waals surface area contributed by atoms with Gasteiger partial charge in [0.25, 0.3) is 5.91 Å². The van der Waals surface area contributed by atoms with Crippen LogP contribution in [0.5, 0.6) is 0 Å². The number of rotatable bonds is 5. The van der Waals surface area contributed by atoms with Crippen LogP contribution in [0.15, 0.2) is 24.3 Å². The lowest BCUT2D eigenvalue weighted by molar-refractivity contribution is -0.116. The molecule has 0 unspecified atom stereocenters. The standard InChI is InChI=1S/C15H23N3O2.ClH/c1-15(2,3)18-14(20)11-6-4-7-12(10-11)17-13(19)8-5-9-16;/h4,6-7,10H,5,8-9,16H2,1-3H3,(H,17,19)(H,18,20);1H. The summed E-state index contributed by atoms with van der Waals surface area (Å²) >= 11 is 0. The molecule has 0 fully saturated rings. The molecular weight excluding hydrogens is 290 g/mol. The fraction of sp³-hybridized carbons (Fsp3) is 0.467. The van der Waals surface area contributed by atoms with Crippen LogP contribution in [0.25, 0.3) is 0 Å². The van der Waals surface area contributed by atoms with Gasteiger partial charge in [-0.3, -0.25) is 9.59 Å². The predicted octanol–water partition coefficient (Wildman–Crippen LogP) is 2.31. The van der Waals surface area contributed by atoms with Gasteiger partial charge in [0, 0.05) is 23.2 Å². The topological polar surface area (TPSA) is 84.2 Å². The lowest BCUT2D eigenvalue weighted by atomic mass is 10.1. The Hall–Kier alpha value is -1.59. The molecule has 0 bridgehead atoms. The number of nitrogens with two attached hydrogens (primary N) is 1. The summed E-state index contributed by atoms with van der Waals surface area (Å²) in [7, 11) is 0. The molecule has 0 saturated carbocycles. The first-order valence-corrected chi connectivity index (χ1v) is 6.74. The van der Waals surface area contributed by atoms with E-state index in [2.05, 4.69) is 10.6 Å². The van der Waals surface area contributed by atoms with Crippen molar-refractivity contribution in [2.45, 2.75) is 39.2 Å². The van der Waals surface area contributed by atoms with Crippen molar-refractivity contribution >= 4 is 29.9 Å². The van der Waals surface area contributed by atoms with Crippen molar-refractivity contribution in [1.29, 1.82) is 0 Å². The highest BCUT2D eigenvalue weighted by atomic mass is 35.5. The Morgan fingerprint density at radius 2 is 1.90 bits per heavy atom. The molecule has 6 heteroatoms. The Kier molecular flexibility index (Phi) is 7.99. The lowest BCUT2D eigenvalue weighted by Crippen LogP contribution is -2.40. The van der Waals surface area contributed by atoms with E-state index in [9.17, 15) is 9.59 Å². The van der Waals surface area contributed by atoms with E-state index in [4.69, 9.17) is 5.73 Å². The van der Waals surface area contributed by atoms with E-state index in [1.54, 1.807) is 24.3 Å². The number of hydrogen-bond donors (Lipinski definition) is 3. The highest BCUT2D eigenvalue weighted by Gasteiger charge is 2.15. The van der Waals surface area contributed by atoms with Crippen molar-refractivity contribution in [2.75, 3.05) is 11.9 Å². The lowest BCUT2D eigenvalue weighted by Gasteiger charge is -2.20. The molecular formula is C15H24ClN3O2. The largest absolute Gasteiger partial charge is 0.347 e. The molecule has 0 saturated heterocycles. The van der Waals surface area contributed by atoms with Gasteiger partial charge in [-0.2, -0.15) is 0 Å². The minimum atomic E-state index is -0.294. The molecule has 1 aromatic rings. The van der Waals surface area contributed by atoms with Gasteiger partial charge >= 0.3 is 0 Å². The summed E-state index contributed by atoms with van der Waals surface area (Å²) in [6, 6.07) is 6.89. The number of carbonyl (C=O) groups is 2. The van der Waals surface area contributed by atoms with Crippen molar-refractivity contribution in [3.8, 4) is 0 Å². The van der Waals surface area contributed by atoms with Gasteiger partial charge in [-0.05, 0) is 51.9 Å². The maximum atomic E-state index is 12.0. The molecule has 2 amide bonds. The second-order valence-corrected chi connectivity index (χ2v) is 5.73. The summed E-state index contributed by atoms with van der Waals surface area (Å²) in [6.45, 7) is 6.25. The summed E-state index contributed by atoms with van der Waals surface area (Å²) in [4.78, 5) is 23.6. The van der Waals surface area contributed by atoms with Gasteiger partial charge in [0.1, 0.15) is 0 Å². The van der Waals surface area contributed by atoms with Crippen LogP contribution >= 0.6 is 12.4 Å². The van der Waals surface area contributed by atoms with Gasteiger partial charge in [0.15, 0.2) is 0 Å². The molecule has 1 rings (SSSR count). The molecule has 118 valence electrons. The highest BCUT2D eigenvalue weighted by molar-refractivity contribution is 5.97. The van der Waals surface area contributed by atoms with Crippen LogP contribution in [0.3, 0.4) is 0 Å². The van der Waals surface area contributed by atoms with Crippen LogP contribution < -0.4 is 16.4 Å². The number of hydrogen-bond acceptors (Lipinski definition) is 3. The Bertz CT molecular complexity index is 484. The Morgan fingerprint density at radius 1 is 1.24 bits per heavy atom. The molecule has 21 heavy (non-hydrogen) atoms. The van der Waals surface area contributed by atoms with E-state index >= 15 is 0 Å². The van der Waals surface area contributed by atoms with Gasteiger partial charge in [0.05, 0.1) is 0 Å². The number of carbonyl (C=O) groups excluding carboxylic acids is 2. The van der Waals surface area contributed by atoms with Crippen LogP contribution in [0.1, 0.15) is 44.0 Å². The zero-order chi connectivity index (χ0) is 15.2. The highest BCUT2D eigenvalue weighted by Crippen LogP contribution is 2.12. The van der Waals surface area contributed by atoms with Crippen LogP contribution in [0.2, 0.25) is 0 Å². The summed E-state index contributed by atoms with van der Waals surface area (Å²) in [5, 5.41) is 5.64. The summed E-state index contributed by atoms with van der Waals surface area (Å²) in [5.41, 5.74) is 6.21. The average Bonchev–Trinajstić information content (AvgIpc) is 2.34. The minimum absolute atomic E-state index is 0. The third-order valence-corrected chi connectivity index (χ3v) is 2.51. The molecule has 0 heterocycles. The van der Waals surface area contributed by atoms with Crippen molar-refractivity contribution in [2.24, 2.45) is 5.73 Å². The molecule has 0 aliphatic heterocycles. The molecule has 0 atom stereocenters. The van der Waals surface area contributed by atoms with Gasteiger partial charge < -0.3 is 16.4 Å².